The zero-order valence-electron chi connectivity index (χ0n) is 38.5. The first-order chi connectivity index (χ1) is 33.4. The highest BCUT2D eigenvalue weighted by Crippen LogP contribution is 2.33. The fraction of sp³-hybridized carbons (Fsp3) is 0.269. The second-order valence-electron chi connectivity index (χ2n) is 16.2. The lowest BCUT2D eigenvalue weighted by Gasteiger charge is -2.12. The summed E-state index contributed by atoms with van der Waals surface area (Å²) in [7, 11) is 7.98. The summed E-state index contributed by atoms with van der Waals surface area (Å²) in [4.78, 5) is 29.6. The predicted octanol–water partition coefficient (Wildman–Crippen LogP) is 8.22. The number of imidazole rings is 4. The van der Waals surface area contributed by atoms with Crippen molar-refractivity contribution in [3.8, 4) is 57.6 Å². The first-order valence-corrected chi connectivity index (χ1v) is 22.7. The van der Waals surface area contributed by atoms with Crippen LogP contribution in [0.4, 0.5) is 0 Å². The molecule has 346 valence electrons. The van der Waals surface area contributed by atoms with Crippen LogP contribution in [-0.4, -0.2) is 114 Å². The lowest BCUT2D eigenvalue weighted by atomic mass is 10.2. The number of hydrogen-bond acceptors (Lipinski definition) is 12. The van der Waals surface area contributed by atoms with E-state index in [2.05, 4.69) is 0 Å². The number of pyridine rings is 2. The Labute approximate surface area is 392 Å². The second kappa shape index (κ2) is 20.2. The number of benzene rings is 4. The van der Waals surface area contributed by atoms with Crippen LogP contribution < -0.4 is 9.47 Å². The van der Waals surface area contributed by atoms with Crippen LogP contribution in [0.25, 0.3) is 90.2 Å². The third kappa shape index (κ3) is 9.39. The van der Waals surface area contributed by atoms with Crippen molar-refractivity contribution in [2.75, 3.05) is 66.1 Å². The molecule has 10 aromatic rings. The summed E-state index contributed by atoms with van der Waals surface area (Å²) in [6.45, 7) is 4.08. The summed E-state index contributed by atoms with van der Waals surface area (Å²) in [5.41, 5.74) is 10.4. The van der Waals surface area contributed by atoms with Crippen LogP contribution in [0.2, 0.25) is 0 Å². The van der Waals surface area contributed by atoms with Crippen LogP contribution in [-0.2, 0) is 47.1 Å². The molecule has 0 bridgehead atoms. The Morgan fingerprint density at radius 2 is 0.544 bits per heavy atom. The van der Waals surface area contributed by atoms with E-state index in [1.807, 2.05) is 168 Å². The summed E-state index contributed by atoms with van der Waals surface area (Å²) in [5, 5.41) is 0. The summed E-state index contributed by atoms with van der Waals surface area (Å²) in [6.07, 6.45) is 0. The zero-order chi connectivity index (χ0) is 46.4. The van der Waals surface area contributed by atoms with E-state index >= 15 is 0 Å². The molecule has 0 atom stereocenters. The molecule has 10 rings (SSSR count). The van der Waals surface area contributed by atoms with Crippen molar-refractivity contribution in [1.82, 2.24) is 48.2 Å². The fourth-order valence-corrected chi connectivity index (χ4v) is 8.33. The highest BCUT2D eigenvalue weighted by Gasteiger charge is 2.20. The minimum atomic E-state index is 0.345. The van der Waals surface area contributed by atoms with Gasteiger partial charge in [0.05, 0.1) is 97.0 Å². The Balaban J connectivity index is 0.651. The maximum Gasteiger partial charge on any atom is 0.159 e. The number of aryl methyl sites for hydroxylation is 4. The molecule has 0 fully saturated rings. The summed E-state index contributed by atoms with van der Waals surface area (Å²) >= 11 is 0. The van der Waals surface area contributed by atoms with Crippen LogP contribution in [0.3, 0.4) is 0 Å². The minimum Gasteiger partial charge on any atom is -0.491 e. The molecule has 0 radical (unpaired) electrons. The standard InChI is InChI=1S/C52H52N10O6/c1-59-45-17-9-5-13-37(45)55-49(59)41-31-35(32-42(53-41)50-56-38-14-6-10-18-46(38)60(50)2)67-29-27-65-25-23-63-21-22-64-24-26-66-28-30-68-36-33-43(51-57-39-15-7-11-19-47(39)61(51)3)54-44(34-36)52-58-40-16-8-12-20-48(40)62(52)4/h5-20,31-34H,21-30H2,1-4H3. The van der Waals surface area contributed by atoms with Crippen LogP contribution in [0, 0.1) is 0 Å². The number of fused-ring (bicyclic) bond motifs is 4. The average Bonchev–Trinajstić information content (AvgIpc) is 4.11. The predicted molar refractivity (Wildman–Crippen MR) is 262 cm³/mol. The van der Waals surface area contributed by atoms with E-state index in [1.165, 1.54) is 0 Å². The number of para-hydroxylation sites is 8. The Morgan fingerprint density at radius 1 is 0.309 bits per heavy atom. The molecule has 0 saturated heterocycles. The van der Waals surface area contributed by atoms with E-state index in [0.717, 1.165) is 67.4 Å². The van der Waals surface area contributed by atoms with Gasteiger partial charge in [-0.3, -0.25) is 0 Å². The third-order valence-electron chi connectivity index (χ3n) is 11.8. The van der Waals surface area contributed by atoms with Crippen molar-refractivity contribution in [3.63, 3.8) is 0 Å². The van der Waals surface area contributed by atoms with Crippen molar-refractivity contribution < 1.29 is 28.4 Å². The summed E-state index contributed by atoms with van der Waals surface area (Å²) in [6, 6.07) is 39.8. The molecule has 0 spiro atoms. The van der Waals surface area contributed by atoms with E-state index in [4.69, 9.17) is 58.3 Å². The van der Waals surface area contributed by atoms with Crippen molar-refractivity contribution >= 4 is 44.1 Å². The monoisotopic (exact) mass is 912 g/mol. The molecule has 0 saturated carbocycles. The third-order valence-corrected chi connectivity index (χ3v) is 11.8. The van der Waals surface area contributed by atoms with Gasteiger partial charge in [0.25, 0.3) is 0 Å². The van der Waals surface area contributed by atoms with Gasteiger partial charge in [-0.25, -0.2) is 29.9 Å². The number of hydrogen-bond donors (Lipinski definition) is 0. The SMILES string of the molecule is Cn1c(-c2cc(OCCOCCOCCOCCOCCOc3cc(-c4nc5ccccc5n4C)nc(-c4nc5ccccc5n4C)c3)cc(-c3nc4ccccc4n3C)n2)nc2ccccc21. The molecule has 16 nitrogen and oxygen atoms in total. The minimum absolute atomic E-state index is 0.345. The Bertz CT molecular complexity index is 2940. The second-order valence-corrected chi connectivity index (χ2v) is 16.2. The summed E-state index contributed by atoms with van der Waals surface area (Å²) in [5.74, 6) is 4.26. The van der Waals surface area contributed by atoms with Gasteiger partial charge < -0.3 is 46.7 Å². The number of rotatable bonds is 21. The van der Waals surface area contributed by atoms with E-state index < -0.39 is 0 Å². The maximum absolute atomic E-state index is 6.23. The molecule has 6 heterocycles. The molecule has 0 N–H and O–H groups in total. The number of nitrogens with zero attached hydrogens (tertiary/aromatic N) is 10. The fourth-order valence-electron chi connectivity index (χ4n) is 8.33. The van der Waals surface area contributed by atoms with E-state index in [9.17, 15) is 0 Å². The molecule has 68 heavy (non-hydrogen) atoms. The molecule has 0 aliphatic rings. The Kier molecular flexibility index (Phi) is 13.1. The van der Waals surface area contributed by atoms with Crippen molar-refractivity contribution in [3.05, 3.63) is 121 Å². The van der Waals surface area contributed by atoms with Crippen LogP contribution in [0.5, 0.6) is 11.5 Å². The number of aromatic nitrogens is 10. The quantitative estimate of drug-likeness (QED) is 0.0639. The van der Waals surface area contributed by atoms with Gasteiger partial charge in [-0.05, 0) is 48.5 Å². The topological polar surface area (TPSA) is 152 Å². The molecule has 0 unspecified atom stereocenters. The average molecular weight is 913 g/mol. The molecule has 4 aromatic carbocycles. The largest absolute Gasteiger partial charge is 0.491 e. The van der Waals surface area contributed by atoms with Crippen molar-refractivity contribution in [2.24, 2.45) is 28.2 Å². The molecular weight excluding hydrogens is 861 g/mol. The van der Waals surface area contributed by atoms with Gasteiger partial charge in [0, 0.05) is 52.5 Å². The summed E-state index contributed by atoms with van der Waals surface area (Å²) < 4.78 is 43.8. The van der Waals surface area contributed by atoms with E-state index in [1.54, 1.807) is 0 Å². The van der Waals surface area contributed by atoms with E-state index in [-0.39, 0.29) is 0 Å². The van der Waals surface area contributed by atoms with E-state index in [0.29, 0.717) is 100 Å². The molecule has 6 aromatic heterocycles. The molecule has 0 aliphatic carbocycles. The van der Waals surface area contributed by atoms with Gasteiger partial charge in [-0.1, -0.05) is 48.5 Å². The Morgan fingerprint density at radius 3 is 0.794 bits per heavy atom. The molecule has 0 amide bonds. The smallest absolute Gasteiger partial charge is 0.159 e. The van der Waals surface area contributed by atoms with Gasteiger partial charge in [0.2, 0.25) is 0 Å². The first-order valence-electron chi connectivity index (χ1n) is 22.7. The molecular formula is C52H52N10O6. The van der Waals surface area contributed by atoms with Gasteiger partial charge in [0.15, 0.2) is 23.3 Å². The van der Waals surface area contributed by atoms with Gasteiger partial charge >= 0.3 is 0 Å². The van der Waals surface area contributed by atoms with Crippen molar-refractivity contribution in [2.45, 2.75) is 0 Å². The van der Waals surface area contributed by atoms with Gasteiger partial charge in [-0.2, -0.15) is 0 Å². The van der Waals surface area contributed by atoms with Crippen molar-refractivity contribution in [1.29, 1.82) is 0 Å². The van der Waals surface area contributed by atoms with Gasteiger partial charge in [-0.15, -0.1) is 0 Å². The van der Waals surface area contributed by atoms with Crippen LogP contribution >= 0.6 is 0 Å². The lowest BCUT2D eigenvalue weighted by Crippen LogP contribution is -2.15. The normalized spacial score (nSPS) is 11.8. The maximum atomic E-state index is 6.23. The first kappa shape index (κ1) is 44.3. The van der Waals surface area contributed by atoms with Crippen LogP contribution in [0.15, 0.2) is 121 Å². The highest BCUT2D eigenvalue weighted by atomic mass is 16.6. The zero-order valence-corrected chi connectivity index (χ0v) is 38.5. The highest BCUT2D eigenvalue weighted by molar-refractivity contribution is 5.84. The lowest BCUT2D eigenvalue weighted by molar-refractivity contribution is -0.00698. The molecule has 16 heteroatoms. The van der Waals surface area contributed by atoms with Crippen LogP contribution in [0.1, 0.15) is 0 Å². The van der Waals surface area contributed by atoms with Gasteiger partial charge in [0.1, 0.15) is 47.5 Å². The Hall–Kier alpha value is -7.50. The molecule has 0 aliphatic heterocycles. The number of ether oxygens (including phenoxy) is 6.